The van der Waals surface area contributed by atoms with Crippen molar-refractivity contribution < 1.29 is 8.90 Å². The van der Waals surface area contributed by atoms with Gasteiger partial charge in [0.05, 0.1) is 56.3 Å². The number of rotatable bonds is 8. The van der Waals surface area contributed by atoms with Crippen molar-refractivity contribution in [3.05, 3.63) is 64.7 Å². The molecule has 2 heterocycles. The number of anilines is 2. The van der Waals surface area contributed by atoms with E-state index in [0.717, 1.165) is 53.8 Å². The van der Waals surface area contributed by atoms with Gasteiger partial charge in [0.2, 0.25) is 5.36 Å². The van der Waals surface area contributed by atoms with E-state index in [1.54, 1.807) is 11.8 Å². The Kier molecular flexibility index (Phi) is 7.62. The molecular formula is C29H40N4OS+2. The Morgan fingerprint density at radius 3 is 2.49 bits per heavy atom. The highest BCUT2D eigenvalue weighted by Gasteiger charge is 2.22. The van der Waals surface area contributed by atoms with Crippen LogP contribution in [-0.2, 0) is 0 Å². The summed E-state index contributed by atoms with van der Waals surface area (Å²) in [6.07, 6.45) is 3.31. The average Bonchev–Trinajstić information content (AvgIpc) is 3.13. The Labute approximate surface area is 214 Å². The zero-order chi connectivity index (χ0) is 25.2. The first-order valence-electron chi connectivity index (χ1n) is 12.6. The fourth-order valence-corrected chi connectivity index (χ4v) is 5.71. The molecule has 0 amide bonds. The van der Waals surface area contributed by atoms with Gasteiger partial charge in [0, 0.05) is 42.9 Å². The number of hydrogen-bond donors (Lipinski definition) is 0. The first-order chi connectivity index (χ1) is 16.7. The van der Waals surface area contributed by atoms with Gasteiger partial charge in [0.1, 0.15) is 24.9 Å². The van der Waals surface area contributed by atoms with Crippen LogP contribution in [0, 0.1) is 0 Å². The SMILES string of the molecule is CCN(CC)c1ccc2c(=[N+](C)CCC[N+](C)(C)C)cc(/C=C3\Sc4ccccc4N3C)oc2c1. The number of hydrogen-bond acceptors (Lipinski definition) is 4. The van der Waals surface area contributed by atoms with Gasteiger partial charge >= 0.3 is 0 Å². The molecule has 1 aliphatic rings. The Bertz CT molecular complexity index is 1300. The Morgan fingerprint density at radius 1 is 1.06 bits per heavy atom. The summed E-state index contributed by atoms with van der Waals surface area (Å²) in [5, 5.41) is 3.55. The molecule has 0 N–H and O–H groups in total. The lowest BCUT2D eigenvalue weighted by molar-refractivity contribution is -0.870. The standard InChI is InChI=1S/C29H40N4OS/c1-8-32(9-2)22-15-16-24-26(30(3)17-12-18-33(5,6)7)20-23(34-27(24)19-22)21-29-31(4)25-13-10-11-14-28(25)35-29/h10-11,13-16,19-21H,8-9,12,17-18H2,1-7H3/q+2. The van der Waals surface area contributed by atoms with Gasteiger partial charge in [0.25, 0.3) is 0 Å². The summed E-state index contributed by atoms with van der Waals surface area (Å²) < 4.78 is 9.89. The van der Waals surface area contributed by atoms with Gasteiger partial charge in [-0.05, 0) is 38.1 Å². The first kappa shape index (κ1) is 25.4. The van der Waals surface area contributed by atoms with Crippen LogP contribution in [0.15, 0.2) is 62.9 Å². The highest BCUT2D eigenvalue weighted by Crippen LogP contribution is 2.45. The van der Waals surface area contributed by atoms with E-state index in [0.29, 0.717) is 0 Å². The zero-order valence-electron chi connectivity index (χ0n) is 22.3. The first-order valence-corrected chi connectivity index (χ1v) is 13.4. The predicted octanol–water partition coefficient (Wildman–Crippen LogP) is 5.32. The second-order valence-electron chi connectivity index (χ2n) is 10.3. The molecule has 186 valence electrons. The molecule has 0 spiro atoms. The monoisotopic (exact) mass is 492 g/mol. The smallest absolute Gasteiger partial charge is 0.214 e. The second-order valence-corrected chi connectivity index (χ2v) is 11.3. The van der Waals surface area contributed by atoms with Crippen LogP contribution >= 0.6 is 11.8 Å². The van der Waals surface area contributed by atoms with Crippen LogP contribution in [-0.4, -0.2) is 65.9 Å². The van der Waals surface area contributed by atoms with E-state index in [2.05, 4.69) is 118 Å². The molecule has 35 heavy (non-hydrogen) atoms. The summed E-state index contributed by atoms with van der Waals surface area (Å²) in [5.41, 5.74) is 3.38. The van der Waals surface area contributed by atoms with Crippen LogP contribution in [0.5, 0.6) is 0 Å². The van der Waals surface area contributed by atoms with E-state index in [9.17, 15) is 0 Å². The van der Waals surface area contributed by atoms with Crippen LogP contribution in [0.2, 0.25) is 0 Å². The van der Waals surface area contributed by atoms with Crippen molar-refractivity contribution in [1.82, 2.24) is 4.58 Å². The van der Waals surface area contributed by atoms with Crippen LogP contribution in [0.25, 0.3) is 17.0 Å². The van der Waals surface area contributed by atoms with Crippen LogP contribution in [0.4, 0.5) is 11.4 Å². The van der Waals surface area contributed by atoms with E-state index >= 15 is 0 Å². The van der Waals surface area contributed by atoms with Crippen LogP contribution in [0.1, 0.15) is 26.0 Å². The van der Waals surface area contributed by atoms with Crippen LogP contribution in [0.3, 0.4) is 0 Å². The highest BCUT2D eigenvalue weighted by atomic mass is 32.2. The van der Waals surface area contributed by atoms with Gasteiger partial charge in [-0.2, -0.15) is 0 Å². The number of benzene rings is 2. The third kappa shape index (κ3) is 5.76. The van der Waals surface area contributed by atoms with Crippen molar-refractivity contribution in [3.8, 4) is 0 Å². The van der Waals surface area contributed by atoms with Gasteiger partial charge in [0.15, 0.2) is 0 Å². The Balaban J connectivity index is 1.81. The van der Waals surface area contributed by atoms with Crippen molar-refractivity contribution in [2.45, 2.75) is 25.2 Å². The minimum atomic E-state index is 0.879. The lowest BCUT2D eigenvalue weighted by Crippen LogP contribution is -2.37. The van der Waals surface area contributed by atoms with Crippen molar-refractivity contribution >= 4 is 40.2 Å². The fourth-order valence-electron chi connectivity index (χ4n) is 4.62. The minimum Gasteiger partial charge on any atom is -0.456 e. The van der Waals surface area contributed by atoms with E-state index in [4.69, 9.17) is 4.42 Å². The van der Waals surface area contributed by atoms with Crippen LogP contribution < -0.4 is 19.7 Å². The van der Waals surface area contributed by atoms with Crippen molar-refractivity contribution in [2.75, 3.05) is 71.2 Å². The summed E-state index contributed by atoms with van der Waals surface area (Å²) in [7, 11) is 11.1. The molecule has 0 fully saturated rings. The molecule has 6 heteroatoms. The molecular weight excluding hydrogens is 452 g/mol. The van der Waals surface area contributed by atoms with Gasteiger partial charge < -0.3 is 18.7 Å². The van der Waals surface area contributed by atoms with Crippen molar-refractivity contribution in [1.29, 1.82) is 0 Å². The molecule has 5 nitrogen and oxygen atoms in total. The van der Waals surface area contributed by atoms with E-state index in [1.807, 2.05) is 0 Å². The topological polar surface area (TPSA) is 22.6 Å². The minimum absolute atomic E-state index is 0.879. The lowest BCUT2D eigenvalue weighted by atomic mass is 10.1. The predicted molar refractivity (Wildman–Crippen MR) is 152 cm³/mol. The number of fused-ring (bicyclic) bond motifs is 2. The lowest BCUT2D eigenvalue weighted by Gasteiger charge is -2.23. The van der Waals surface area contributed by atoms with Gasteiger partial charge in [-0.3, -0.25) is 0 Å². The molecule has 4 rings (SSSR count). The van der Waals surface area contributed by atoms with E-state index < -0.39 is 0 Å². The summed E-state index contributed by atoms with van der Waals surface area (Å²) in [5.74, 6) is 0.879. The molecule has 0 bridgehead atoms. The maximum absolute atomic E-state index is 6.53. The summed E-state index contributed by atoms with van der Waals surface area (Å²) in [6, 6.07) is 17.4. The maximum atomic E-state index is 6.53. The normalized spacial score (nSPS) is 15.6. The molecule has 0 unspecified atom stereocenters. The molecule has 1 aromatic heterocycles. The maximum Gasteiger partial charge on any atom is 0.214 e. The largest absolute Gasteiger partial charge is 0.456 e. The number of nitrogens with zero attached hydrogens (tertiary/aromatic N) is 4. The Morgan fingerprint density at radius 2 is 1.80 bits per heavy atom. The number of quaternary nitrogens is 1. The zero-order valence-corrected chi connectivity index (χ0v) is 23.2. The summed E-state index contributed by atoms with van der Waals surface area (Å²) in [4.78, 5) is 5.89. The van der Waals surface area contributed by atoms with Crippen molar-refractivity contribution in [3.63, 3.8) is 0 Å². The van der Waals surface area contributed by atoms with Gasteiger partial charge in [-0.25, -0.2) is 4.58 Å². The fraction of sp³-hybridized carbons (Fsp3) is 0.414. The van der Waals surface area contributed by atoms with Crippen molar-refractivity contribution in [2.24, 2.45) is 0 Å². The third-order valence-electron chi connectivity index (χ3n) is 6.65. The molecule has 2 aromatic carbocycles. The van der Waals surface area contributed by atoms with E-state index in [1.165, 1.54) is 26.7 Å². The third-order valence-corrected chi connectivity index (χ3v) is 7.81. The highest BCUT2D eigenvalue weighted by molar-refractivity contribution is 8.03. The molecule has 3 aromatic rings. The Hall–Kier alpha value is -2.70. The molecule has 0 atom stereocenters. The van der Waals surface area contributed by atoms with E-state index in [-0.39, 0.29) is 0 Å². The second kappa shape index (κ2) is 10.5. The summed E-state index contributed by atoms with van der Waals surface area (Å²) >= 11 is 1.79. The number of thioether (sulfide) groups is 1. The quantitative estimate of drug-likeness (QED) is 0.314. The molecule has 0 aliphatic carbocycles. The number of para-hydroxylation sites is 1. The molecule has 0 saturated heterocycles. The van der Waals surface area contributed by atoms with Gasteiger partial charge in [-0.15, -0.1) is 0 Å². The average molecular weight is 493 g/mol. The molecule has 0 radical (unpaired) electrons. The molecule has 0 saturated carbocycles. The molecule has 1 aliphatic heterocycles. The summed E-state index contributed by atoms with van der Waals surface area (Å²) in [6.45, 7) is 8.49. The van der Waals surface area contributed by atoms with Gasteiger partial charge in [-0.1, -0.05) is 23.9 Å².